The Morgan fingerprint density at radius 1 is 1.36 bits per heavy atom. The summed E-state index contributed by atoms with van der Waals surface area (Å²) in [6.07, 6.45) is 1.25. The topological polar surface area (TPSA) is 26.0 Å². The number of rotatable bonds is 2. The van der Waals surface area contributed by atoms with Crippen LogP contribution in [-0.2, 0) is 0 Å². The first kappa shape index (κ1) is 9.19. The number of nitrogens with two attached hydrogens (primary N) is 1. The maximum absolute atomic E-state index is 11.7. The van der Waals surface area contributed by atoms with Gasteiger partial charge in [-0.3, -0.25) is 0 Å². The van der Waals surface area contributed by atoms with Gasteiger partial charge in [0, 0.05) is 5.25 Å². The number of hydrogen-bond acceptors (Lipinski definition) is 2. The third kappa shape index (κ3) is 2.91. The van der Waals surface area contributed by atoms with Crippen LogP contribution < -0.4 is 5.73 Å². The summed E-state index contributed by atoms with van der Waals surface area (Å²) in [5.41, 5.74) is 1.20. The van der Waals surface area contributed by atoms with E-state index in [2.05, 4.69) is 0 Å². The highest BCUT2D eigenvalue weighted by atomic mass is 32.2. The minimum atomic E-state index is -4.07. The maximum atomic E-state index is 11.7. The summed E-state index contributed by atoms with van der Waals surface area (Å²) in [5.74, 6) is 0.329. The number of alkyl halides is 3. The quantitative estimate of drug-likeness (QED) is 0.711. The van der Waals surface area contributed by atoms with Crippen LogP contribution in [0.5, 0.6) is 0 Å². The van der Waals surface area contributed by atoms with Crippen LogP contribution in [0.25, 0.3) is 0 Å². The standard InChI is InChI=1S/C6H10F3NS/c7-6(8,9)11-5-1-4(2-5)3-10/h4-5H,1-3,10H2. The average Bonchev–Trinajstić information content (AvgIpc) is 1.75. The number of hydrogen-bond donors (Lipinski definition) is 1. The van der Waals surface area contributed by atoms with Crippen molar-refractivity contribution in [3.8, 4) is 0 Å². The Morgan fingerprint density at radius 3 is 2.27 bits per heavy atom. The Hall–Kier alpha value is 0.100. The fourth-order valence-corrected chi connectivity index (χ4v) is 2.27. The molecular weight excluding hydrogens is 175 g/mol. The van der Waals surface area contributed by atoms with E-state index in [1.54, 1.807) is 0 Å². The normalized spacial score (nSPS) is 31.6. The summed E-state index contributed by atoms with van der Waals surface area (Å²) in [4.78, 5) is 0. The SMILES string of the molecule is NCC1CC(SC(F)(F)F)C1. The minimum Gasteiger partial charge on any atom is -0.330 e. The van der Waals surface area contributed by atoms with Crippen LogP contribution in [0.3, 0.4) is 0 Å². The molecule has 0 radical (unpaired) electrons. The molecule has 11 heavy (non-hydrogen) atoms. The van der Waals surface area contributed by atoms with Crippen molar-refractivity contribution in [1.82, 2.24) is 0 Å². The zero-order valence-corrected chi connectivity index (χ0v) is 6.71. The number of thioether (sulfide) groups is 1. The summed E-state index contributed by atoms with van der Waals surface area (Å²) in [5, 5.41) is -0.233. The van der Waals surface area contributed by atoms with Gasteiger partial charge in [0.2, 0.25) is 0 Å². The second kappa shape index (κ2) is 3.23. The summed E-state index contributed by atoms with van der Waals surface area (Å²) in [6.45, 7) is 0.523. The van der Waals surface area contributed by atoms with Crippen molar-refractivity contribution in [2.45, 2.75) is 23.6 Å². The molecule has 0 aromatic heterocycles. The van der Waals surface area contributed by atoms with Crippen LogP contribution in [0.1, 0.15) is 12.8 Å². The highest BCUT2D eigenvalue weighted by Gasteiger charge is 2.39. The molecule has 0 heterocycles. The lowest BCUT2D eigenvalue weighted by atomic mass is 9.85. The van der Waals surface area contributed by atoms with Crippen LogP contribution in [-0.4, -0.2) is 17.3 Å². The van der Waals surface area contributed by atoms with E-state index < -0.39 is 5.51 Å². The molecule has 1 rings (SSSR count). The fourth-order valence-electron chi connectivity index (χ4n) is 1.15. The first-order valence-corrected chi connectivity index (χ1v) is 4.34. The van der Waals surface area contributed by atoms with Crippen LogP contribution in [0, 0.1) is 5.92 Å². The predicted molar refractivity (Wildman–Crippen MR) is 39.2 cm³/mol. The first-order chi connectivity index (χ1) is 5.01. The highest BCUT2D eigenvalue weighted by Crippen LogP contribution is 2.44. The largest absolute Gasteiger partial charge is 0.442 e. The van der Waals surface area contributed by atoms with E-state index in [1.165, 1.54) is 0 Å². The van der Waals surface area contributed by atoms with E-state index in [0.29, 0.717) is 25.3 Å². The first-order valence-electron chi connectivity index (χ1n) is 3.46. The molecule has 1 nitrogen and oxygen atoms in total. The van der Waals surface area contributed by atoms with Crippen LogP contribution >= 0.6 is 11.8 Å². The maximum Gasteiger partial charge on any atom is 0.442 e. The minimum absolute atomic E-state index is 0.107. The van der Waals surface area contributed by atoms with Crippen molar-refractivity contribution in [2.75, 3.05) is 6.54 Å². The van der Waals surface area contributed by atoms with Gasteiger partial charge in [-0.05, 0) is 37.1 Å². The van der Waals surface area contributed by atoms with Crippen LogP contribution in [0.4, 0.5) is 13.2 Å². The van der Waals surface area contributed by atoms with Gasteiger partial charge in [0.15, 0.2) is 0 Å². The molecule has 2 N–H and O–H groups in total. The molecule has 0 aliphatic heterocycles. The average molecular weight is 185 g/mol. The van der Waals surface area contributed by atoms with Crippen molar-refractivity contribution >= 4 is 11.8 Å². The molecule has 0 bridgehead atoms. The molecule has 0 aromatic rings. The van der Waals surface area contributed by atoms with Crippen molar-refractivity contribution in [3.63, 3.8) is 0 Å². The molecule has 5 heteroatoms. The van der Waals surface area contributed by atoms with Crippen molar-refractivity contribution in [1.29, 1.82) is 0 Å². The van der Waals surface area contributed by atoms with Crippen molar-refractivity contribution in [3.05, 3.63) is 0 Å². The van der Waals surface area contributed by atoms with Gasteiger partial charge in [-0.15, -0.1) is 0 Å². The van der Waals surface area contributed by atoms with Gasteiger partial charge in [-0.2, -0.15) is 13.2 Å². The zero-order chi connectivity index (χ0) is 8.48. The summed E-state index contributed by atoms with van der Waals surface area (Å²) >= 11 is 0.107. The van der Waals surface area contributed by atoms with Gasteiger partial charge in [-0.25, -0.2) is 0 Å². The Bertz CT molecular complexity index is 130. The Morgan fingerprint density at radius 2 is 1.91 bits per heavy atom. The van der Waals surface area contributed by atoms with Crippen LogP contribution in [0.15, 0.2) is 0 Å². The molecule has 0 saturated heterocycles. The van der Waals surface area contributed by atoms with Gasteiger partial charge >= 0.3 is 5.51 Å². The van der Waals surface area contributed by atoms with E-state index in [-0.39, 0.29) is 17.0 Å². The van der Waals surface area contributed by atoms with Crippen molar-refractivity contribution in [2.24, 2.45) is 11.7 Å². The molecule has 1 aliphatic rings. The second-order valence-corrected chi connectivity index (χ2v) is 4.12. The lowest BCUT2D eigenvalue weighted by Gasteiger charge is -2.34. The van der Waals surface area contributed by atoms with Crippen molar-refractivity contribution < 1.29 is 13.2 Å². The molecule has 1 saturated carbocycles. The molecule has 1 aliphatic carbocycles. The molecule has 0 aromatic carbocycles. The molecule has 0 spiro atoms. The molecule has 0 atom stereocenters. The monoisotopic (exact) mass is 185 g/mol. The third-order valence-electron chi connectivity index (χ3n) is 1.83. The lowest BCUT2D eigenvalue weighted by molar-refractivity contribution is -0.0342. The number of halogens is 3. The van der Waals surface area contributed by atoms with E-state index >= 15 is 0 Å². The summed E-state index contributed by atoms with van der Waals surface area (Å²) in [6, 6.07) is 0. The van der Waals surface area contributed by atoms with Gasteiger partial charge in [-0.1, -0.05) is 0 Å². The van der Waals surface area contributed by atoms with Gasteiger partial charge in [0.1, 0.15) is 0 Å². The predicted octanol–water partition coefficient (Wildman–Crippen LogP) is 1.98. The fraction of sp³-hybridized carbons (Fsp3) is 1.00. The molecule has 1 fully saturated rings. The Labute approximate surface area is 67.5 Å². The molecule has 0 unspecified atom stereocenters. The van der Waals surface area contributed by atoms with E-state index in [0.717, 1.165) is 0 Å². The second-order valence-electron chi connectivity index (χ2n) is 2.76. The summed E-state index contributed by atoms with van der Waals surface area (Å²) in [7, 11) is 0. The Kier molecular flexibility index (Phi) is 2.70. The molecule has 66 valence electrons. The lowest BCUT2D eigenvalue weighted by Crippen LogP contribution is -2.33. The summed E-state index contributed by atoms with van der Waals surface area (Å²) < 4.78 is 35.1. The zero-order valence-electron chi connectivity index (χ0n) is 5.90. The van der Waals surface area contributed by atoms with Crippen LogP contribution in [0.2, 0.25) is 0 Å². The van der Waals surface area contributed by atoms with E-state index in [4.69, 9.17) is 5.73 Å². The van der Waals surface area contributed by atoms with Gasteiger partial charge < -0.3 is 5.73 Å². The van der Waals surface area contributed by atoms with E-state index in [1.807, 2.05) is 0 Å². The Balaban J connectivity index is 2.14. The van der Waals surface area contributed by atoms with E-state index in [9.17, 15) is 13.2 Å². The smallest absolute Gasteiger partial charge is 0.330 e. The third-order valence-corrected chi connectivity index (χ3v) is 2.81. The van der Waals surface area contributed by atoms with Gasteiger partial charge in [0.05, 0.1) is 0 Å². The highest BCUT2D eigenvalue weighted by molar-refractivity contribution is 8.00. The van der Waals surface area contributed by atoms with Gasteiger partial charge in [0.25, 0.3) is 0 Å². The molecule has 0 amide bonds. The molecular formula is C6H10F3NS.